The summed E-state index contributed by atoms with van der Waals surface area (Å²) in [7, 11) is 0. The van der Waals surface area contributed by atoms with Crippen LogP contribution in [0, 0.1) is 5.82 Å². The number of nitrogens with zero attached hydrogens (tertiary/aromatic N) is 3. The van der Waals surface area contributed by atoms with Crippen LogP contribution in [0.2, 0.25) is 0 Å². The molecule has 3 N–H and O–H groups in total. The standard InChI is InChI=1S/C9H9BrFN3O4/c10-5-1-7(11)8(12-2-5)14-3-6(4-14)13-18-9(15,16)17/h1-2,15-17H,3-4H2. The maximum Gasteiger partial charge on any atom is 0.473 e. The van der Waals surface area contributed by atoms with Crippen molar-refractivity contribution in [3.63, 3.8) is 0 Å². The fourth-order valence-electron chi connectivity index (χ4n) is 1.37. The molecule has 0 amide bonds. The number of hydrogen-bond donors (Lipinski definition) is 3. The van der Waals surface area contributed by atoms with Crippen molar-refractivity contribution in [1.82, 2.24) is 4.98 Å². The zero-order valence-corrected chi connectivity index (χ0v) is 10.5. The topological polar surface area (TPSA) is 98.4 Å². The molecular formula is C9H9BrFN3O4. The van der Waals surface area contributed by atoms with Gasteiger partial charge in [0, 0.05) is 10.7 Å². The Morgan fingerprint density at radius 3 is 2.67 bits per heavy atom. The predicted molar refractivity (Wildman–Crippen MR) is 62.0 cm³/mol. The van der Waals surface area contributed by atoms with Gasteiger partial charge in [0.25, 0.3) is 0 Å². The molecule has 1 saturated heterocycles. The van der Waals surface area contributed by atoms with E-state index in [-0.39, 0.29) is 18.9 Å². The number of halogens is 2. The van der Waals surface area contributed by atoms with Gasteiger partial charge in [-0.25, -0.2) is 9.37 Å². The summed E-state index contributed by atoms with van der Waals surface area (Å²) in [6, 6.07) is 1.29. The van der Waals surface area contributed by atoms with E-state index < -0.39 is 12.0 Å². The van der Waals surface area contributed by atoms with Gasteiger partial charge in [-0.15, -0.1) is 0 Å². The van der Waals surface area contributed by atoms with Gasteiger partial charge in [0.15, 0.2) is 11.6 Å². The molecule has 0 radical (unpaired) electrons. The minimum Gasteiger partial charge on any atom is -0.343 e. The smallest absolute Gasteiger partial charge is 0.343 e. The highest BCUT2D eigenvalue weighted by atomic mass is 79.9. The summed E-state index contributed by atoms with van der Waals surface area (Å²) in [5.74, 6) is -0.314. The number of anilines is 1. The van der Waals surface area contributed by atoms with E-state index in [4.69, 9.17) is 15.3 Å². The lowest BCUT2D eigenvalue weighted by molar-refractivity contribution is -0.455. The SMILES string of the molecule is OC(O)(O)ON=C1CN(c2ncc(Br)cc2F)C1. The van der Waals surface area contributed by atoms with Crippen molar-refractivity contribution < 1.29 is 24.5 Å². The average molecular weight is 322 g/mol. The van der Waals surface area contributed by atoms with Gasteiger partial charge in [-0.05, 0) is 22.0 Å². The van der Waals surface area contributed by atoms with E-state index in [1.54, 1.807) is 4.90 Å². The predicted octanol–water partition coefficient (Wildman–Crippen LogP) is -0.236. The second-order valence-corrected chi connectivity index (χ2v) is 4.55. The quantitative estimate of drug-likeness (QED) is 0.525. The highest BCUT2D eigenvalue weighted by Crippen LogP contribution is 2.23. The van der Waals surface area contributed by atoms with Gasteiger partial charge in [-0.2, -0.15) is 0 Å². The van der Waals surface area contributed by atoms with Crippen molar-refractivity contribution in [2.24, 2.45) is 5.16 Å². The monoisotopic (exact) mass is 321 g/mol. The summed E-state index contributed by atoms with van der Waals surface area (Å²) < 4.78 is 14.0. The van der Waals surface area contributed by atoms with Crippen LogP contribution >= 0.6 is 15.9 Å². The van der Waals surface area contributed by atoms with E-state index >= 15 is 0 Å². The lowest BCUT2D eigenvalue weighted by Gasteiger charge is -2.33. The number of hydrogen-bond acceptors (Lipinski definition) is 7. The minimum absolute atomic E-state index is 0.167. The van der Waals surface area contributed by atoms with Gasteiger partial charge in [-0.1, -0.05) is 5.16 Å². The van der Waals surface area contributed by atoms with Crippen LogP contribution in [0.1, 0.15) is 0 Å². The Hall–Kier alpha value is -1.29. The van der Waals surface area contributed by atoms with Crippen molar-refractivity contribution in [2.45, 2.75) is 6.16 Å². The third-order valence-electron chi connectivity index (χ3n) is 2.13. The summed E-state index contributed by atoms with van der Waals surface area (Å²) in [5.41, 5.74) is 0.417. The average Bonchev–Trinajstić information content (AvgIpc) is 2.16. The van der Waals surface area contributed by atoms with Crippen molar-refractivity contribution in [3.05, 3.63) is 22.6 Å². The molecule has 0 bridgehead atoms. The first-order chi connectivity index (χ1) is 8.35. The molecular weight excluding hydrogens is 313 g/mol. The molecule has 1 aliphatic rings. The Morgan fingerprint density at radius 1 is 1.44 bits per heavy atom. The molecule has 0 atom stereocenters. The molecule has 2 rings (SSSR count). The molecule has 0 aromatic carbocycles. The van der Waals surface area contributed by atoms with Crippen molar-refractivity contribution in [2.75, 3.05) is 18.0 Å². The zero-order chi connectivity index (χ0) is 13.3. The number of rotatable bonds is 3. The van der Waals surface area contributed by atoms with E-state index in [2.05, 4.69) is 30.9 Å². The van der Waals surface area contributed by atoms with Crippen LogP contribution < -0.4 is 4.90 Å². The molecule has 1 fully saturated rings. The van der Waals surface area contributed by atoms with Crippen LogP contribution in [-0.4, -0.2) is 45.3 Å². The molecule has 0 saturated carbocycles. The molecule has 0 spiro atoms. The number of pyridine rings is 1. The molecule has 1 aromatic rings. The molecule has 7 nitrogen and oxygen atoms in total. The summed E-state index contributed by atoms with van der Waals surface area (Å²) in [6.45, 7) is 0.448. The highest BCUT2D eigenvalue weighted by Gasteiger charge is 2.28. The minimum atomic E-state index is -3.30. The van der Waals surface area contributed by atoms with Crippen molar-refractivity contribution in [3.8, 4) is 0 Å². The summed E-state index contributed by atoms with van der Waals surface area (Å²) in [5, 5.41) is 28.6. The van der Waals surface area contributed by atoms with Crippen LogP contribution in [0.25, 0.3) is 0 Å². The molecule has 0 aliphatic carbocycles. The van der Waals surface area contributed by atoms with Gasteiger partial charge in [0.2, 0.25) is 0 Å². The second kappa shape index (κ2) is 4.76. The molecule has 0 unspecified atom stereocenters. The fraction of sp³-hybridized carbons (Fsp3) is 0.333. The molecule has 18 heavy (non-hydrogen) atoms. The van der Waals surface area contributed by atoms with Gasteiger partial charge < -0.3 is 25.1 Å². The van der Waals surface area contributed by atoms with Crippen LogP contribution in [-0.2, 0) is 4.84 Å². The summed E-state index contributed by atoms with van der Waals surface area (Å²) in [4.78, 5) is 9.44. The Labute approximate surface area is 109 Å². The molecule has 1 aromatic heterocycles. The maximum atomic E-state index is 13.5. The van der Waals surface area contributed by atoms with Crippen LogP contribution in [0.15, 0.2) is 21.9 Å². The largest absolute Gasteiger partial charge is 0.473 e. The normalized spacial score (nSPS) is 15.4. The number of oxime groups is 1. The van der Waals surface area contributed by atoms with E-state index in [1.165, 1.54) is 12.3 Å². The van der Waals surface area contributed by atoms with E-state index in [0.717, 1.165) is 0 Å². The van der Waals surface area contributed by atoms with E-state index in [1.807, 2.05) is 0 Å². The second-order valence-electron chi connectivity index (χ2n) is 3.64. The first kappa shape index (κ1) is 13.1. The number of aliphatic hydroxyl groups is 3. The lowest BCUT2D eigenvalue weighted by atomic mass is 10.2. The third-order valence-corrected chi connectivity index (χ3v) is 2.57. The van der Waals surface area contributed by atoms with E-state index in [0.29, 0.717) is 10.2 Å². The van der Waals surface area contributed by atoms with Crippen LogP contribution in [0.3, 0.4) is 0 Å². The molecule has 1 aliphatic heterocycles. The first-order valence-corrected chi connectivity index (χ1v) is 5.61. The fourth-order valence-corrected chi connectivity index (χ4v) is 1.67. The summed E-state index contributed by atoms with van der Waals surface area (Å²) in [6.07, 6.45) is -1.83. The third kappa shape index (κ3) is 3.13. The van der Waals surface area contributed by atoms with Gasteiger partial charge in [-0.3, -0.25) is 0 Å². The first-order valence-electron chi connectivity index (χ1n) is 4.82. The Kier molecular flexibility index (Phi) is 3.48. The van der Waals surface area contributed by atoms with Gasteiger partial charge >= 0.3 is 6.16 Å². The Morgan fingerprint density at radius 2 is 2.11 bits per heavy atom. The Balaban J connectivity index is 1.96. The highest BCUT2D eigenvalue weighted by molar-refractivity contribution is 9.10. The number of aromatic nitrogens is 1. The zero-order valence-electron chi connectivity index (χ0n) is 8.92. The Bertz CT molecular complexity index is 483. The van der Waals surface area contributed by atoms with Gasteiger partial charge in [0.1, 0.15) is 0 Å². The van der Waals surface area contributed by atoms with Crippen LogP contribution in [0.4, 0.5) is 10.2 Å². The van der Waals surface area contributed by atoms with Crippen molar-refractivity contribution >= 4 is 27.5 Å². The van der Waals surface area contributed by atoms with Crippen LogP contribution in [0.5, 0.6) is 0 Å². The lowest BCUT2D eigenvalue weighted by Crippen LogP contribution is -2.49. The molecule has 9 heteroatoms. The molecule has 98 valence electrons. The van der Waals surface area contributed by atoms with E-state index in [9.17, 15) is 4.39 Å². The van der Waals surface area contributed by atoms with Crippen molar-refractivity contribution in [1.29, 1.82) is 0 Å². The van der Waals surface area contributed by atoms with Gasteiger partial charge in [0.05, 0.1) is 18.8 Å². The molecule has 2 heterocycles. The summed E-state index contributed by atoms with van der Waals surface area (Å²) >= 11 is 3.10. The maximum absolute atomic E-state index is 13.5.